The molecule has 0 radical (unpaired) electrons. The van der Waals surface area contributed by atoms with Gasteiger partial charge in [0.25, 0.3) is 5.91 Å². The summed E-state index contributed by atoms with van der Waals surface area (Å²) in [6, 6.07) is 13.6. The number of rotatable bonds is 7. The van der Waals surface area contributed by atoms with Crippen LogP contribution in [0.5, 0.6) is 0 Å². The molecule has 0 spiro atoms. The summed E-state index contributed by atoms with van der Waals surface area (Å²) < 4.78 is 7.32. The monoisotopic (exact) mass is 415 g/mol. The highest BCUT2D eigenvalue weighted by molar-refractivity contribution is 5.95. The predicted molar refractivity (Wildman–Crippen MR) is 118 cm³/mol. The Morgan fingerprint density at radius 2 is 1.97 bits per heavy atom. The summed E-state index contributed by atoms with van der Waals surface area (Å²) in [5.41, 5.74) is 4.30. The van der Waals surface area contributed by atoms with E-state index in [0.717, 1.165) is 17.0 Å². The molecule has 0 atom stereocenters. The number of benzene rings is 1. The van der Waals surface area contributed by atoms with Gasteiger partial charge in [0.1, 0.15) is 6.26 Å². The molecule has 3 heterocycles. The molecule has 0 aliphatic carbocycles. The van der Waals surface area contributed by atoms with Crippen LogP contribution in [0.25, 0.3) is 17.3 Å². The van der Waals surface area contributed by atoms with E-state index in [1.54, 1.807) is 23.3 Å². The van der Waals surface area contributed by atoms with Gasteiger partial charge < -0.3 is 9.73 Å². The fourth-order valence-corrected chi connectivity index (χ4v) is 3.40. The van der Waals surface area contributed by atoms with Gasteiger partial charge in [0.15, 0.2) is 5.82 Å². The number of nitrogens with one attached hydrogen (secondary N) is 1. The summed E-state index contributed by atoms with van der Waals surface area (Å²) in [7, 11) is 0. The third kappa shape index (κ3) is 4.55. The van der Waals surface area contributed by atoms with E-state index in [-0.39, 0.29) is 11.8 Å². The van der Waals surface area contributed by atoms with E-state index in [1.807, 2.05) is 63.2 Å². The second-order valence-corrected chi connectivity index (χ2v) is 7.71. The topological polar surface area (TPSA) is 85.8 Å². The Morgan fingerprint density at radius 1 is 1.16 bits per heavy atom. The van der Waals surface area contributed by atoms with Crippen molar-refractivity contribution in [3.05, 3.63) is 83.6 Å². The Morgan fingerprint density at radius 3 is 2.68 bits per heavy atom. The number of carbonyl (C=O) groups is 1. The van der Waals surface area contributed by atoms with Crippen molar-refractivity contribution in [2.75, 3.05) is 6.54 Å². The summed E-state index contributed by atoms with van der Waals surface area (Å²) >= 11 is 0. The zero-order valence-electron chi connectivity index (χ0n) is 17.9. The fraction of sp³-hybridized carbons (Fsp3) is 0.250. The SMILES string of the molecule is Cc1ccc(-c2nc(CCNC(=O)c3cnn(-c4ccccn4)c3C(C)C)co2)cc1. The van der Waals surface area contributed by atoms with Gasteiger partial charge in [-0.15, -0.1) is 0 Å². The molecule has 0 aliphatic heterocycles. The molecule has 7 heteroatoms. The number of hydrogen-bond acceptors (Lipinski definition) is 5. The lowest BCUT2D eigenvalue weighted by atomic mass is 10.1. The van der Waals surface area contributed by atoms with Crippen molar-refractivity contribution >= 4 is 5.91 Å². The molecule has 1 amide bonds. The van der Waals surface area contributed by atoms with Gasteiger partial charge in [-0.05, 0) is 37.1 Å². The molecule has 0 unspecified atom stereocenters. The number of nitrogens with zero attached hydrogens (tertiary/aromatic N) is 4. The third-order valence-corrected chi connectivity index (χ3v) is 4.98. The number of aromatic nitrogens is 4. The lowest BCUT2D eigenvalue weighted by molar-refractivity contribution is 0.0952. The van der Waals surface area contributed by atoms with E-state index in [0.29, 0.717) is 30.2 Å². The minimum atomic E-state index is -0.159. The second kappa shape index (κ2) is 8.95. The van der Waals surface area contributed by atoms with Crippen LogP contribution in [0, 0.1) is 6.92 Å². The van der Waals surface area contributed by atoms with E-state index >= 15 is 0 Å². The molecule has 3 aromatic heterocycles. The molecule has 4 rings (SSSR count). The molecule has 1 N–H and O–H groups in total. The summed E-state index contributed by atoms with van der Waals surface area (Å²) in [4.78, 5) is 21.7. The lowest BCUT2D eigenvalue weighted by Crippen LogP contribution is -2.27. The molecule has 1 aromatic carbocycles. The van der Waals surface area contributed by atoms with Crippen LogP contribution >= 0.6 is 0 Å². The maximum absolute atomic E-state index is 12.8. The lowest BCUT2D eigenvalue weighted by Gasteiger charge is -2.12. The number of pyridine rings is 1. The summed E-state index contributed by atoms with van der Waals surface area (Å²) in [6.45, 7) is 6.56. The van der Waals surface area contributed by atoms with E-state index in [4.69, 9.17) is 4.42 Å². The van der Waals surface area contributed by atoms with Gasteiger partial charge in [-0.3, -0.25) is 4.79 Å². The largest absolute Gasteiger partial charge is 0.444 e. The molecule has 158 valence electrons. The van der Waals surface area contributed by atoms with E-state index < -0.39 is 0 Å². The van der Waals surface area contributed by atoms with Crippen LogP contribution in [0.1, 0.15) is 47.1 Å². The summed E-state index contributed by atoms with van der Waals surface area (Å²) in [6.07, 6.45) is 5.53. The van der Waals surface area contributed by atoms with Crippen LogP contribution in [0.3, 0.4) is 0 Å². The minimum absolute atomic E-state index is 0.109. The Labute approximate surface area is 181 Å². The molecule has 0 bridgehead atoms. The zero-order chi connectivity index (χ0) is 21.8. The van der Waals surface area contributed by atoms with Crippen LogP contribution < -0.4 is 5.32 Å². The highest BCUT2D eigenvalue weighted by Crippen LogP contribution is 2.22. The van der Waals surface area contributed by atoms with Crippen LogP contribution in [0.2, 0.25) is 0 Å². The van der Waals surface area contributed by atoms with Crippen LogP contribution in [0.4, 0.5) is 0 Å². The van der Waals surface area contributed by atoms with Gasteiger partial charge in [-0.2, -0.15) is 5.10 Å². The standard InChI is InChI=1S/C24H25N5O2/c1-16(2)22-20(14-27-29(22)21-6-4-5-12-25-21)23(30)26-13-11-19-15-31-24(28-19)18-9-7-17(3)8-10-18/h4-10,12,14-16H,11,13H2,1-3H3,(H,26,30). The zero-order valence-corrected chi connectivity index (χ0v) is 17.9. The van der Waals surface area contributed by atoms with E-state index in [2.05, 4.69) is 20.4 Å². The van der Waals surface area contributed by atoms with E-state index in [1.165, 1.54) is 5.56 Å². The molecule has 0 saturated heterocycles. The van der Waals surface area contributed by atoms with Crippen molar-refractivity contribution in [1.82, 2.24) is 25.1 Å². The molecular weight excluding hydrogens is 390 g/mol. The molecular formula is C24H25N5O2. The predicted octanol–water partition coefficient (Wildman–Crippen LogP) is 4.33. The number of amides is 1. The summed E-state index contributed by atoms with van der Waals surface area (Å²) in [5, 5.41) is 7.37. The molecule has 7 nitrogen and oxygen atoms in total. The maximum Gasteiger partial charge on any atom is 0.254 e. The molecule has 0 saturated carbocycles. The smallest absolute Gasteiger partial charge is 0.254 e. The Hall–Kier alpha value is -3.74. The second-order valence-electron chi connectivity index (χ2n) is 7.71. The highest BCUT2D eigenvalue weighted by atomic mass is 16.3. The van der Waals surface area contributed by atoms with Gasteiger partial charge in [-0.25, -0.2) is 14.6 Å². The molecule has 31 heavy (non-hydrogen) atoms. The first-order valence-corrected chi connectivity index (χ1v) is 10.3. The first kappa shape index (κ1) is 20.5. The molecule has 0 aliphatic rings. The normalized spacial score (nSPS) is 11.1. The van der Waals surface area contributed by atoms with Crippen molar-refractivity contribution in [3.8, 4) is 17.3 Å². The minimum Gasteiger partial charge on any atom is -0.444 e. The third-order valence-electron chi connectivity index (χ3n) is 4.98. The Bertz CT molecular complexity index is 1160. The first-order valence-electron chi connectivity index (χ1n) is 10.3. The number of aryl methyl sites for hydroxylation is 1. The average molecular weight is 415 g/mol. The quantitative estimate of drug-likeness (QED) is 0.486. The van der Waals surface area contributed by atoms with Crippen LogP contribution in [-0.4, -0.2) is 32.2 Å². The van der Waals surface area contributed by atoms with Crippen LogP contribution in [-0.2, 0) is 6.42 Å². The van der Waals surface area contributed by atoms with Crippen molar-refractivity contribution in [2.45, 2.75) is 33.1 Å². The van der Waals surface area contributed by atoms with Crippen molar-refractivity contribution in [1.29, 1.82) is 0 Å². The number of hydrogen-bond donors (Lipinski definition) is 1. The summed E-state index contributed by atoms with van der Waals surface area (Å²) in [5.74, 6) is 1.22. The van der Waals surface area contributed by atoms with Crippen molar-refractivity contribution < 1.29 is 9.21 Å². The number of carbonyl (C=O) groups excluding carboxylic acids is 1. The van der Waals surface area contributed by atoms with E-state index in [9.17, 15) is 4.79 Å². The maximum atomic E-state index is 12.8. The van der Waals surface area contributed by atoms with Crippen molar-refractivity contribution in [2.24, 2.45) is 0 Å². The van der Waals surface area contributed by atoms with Gasteiger partial charge in [0.05, 0.1) is 23.1 Å². The molecule has 0 fully saturated rings. The van der Waals surface area contributed by atoms with Crippen LogP contribution in [0.15, 0.2) is 65.5 Å². The Balaban J connectivity index is 1.42. The van der Waals surface area contributed by atoms with Crippen molar-refractivity contribution in [3.63, 3.8) is 0 Å². The first-order chi connectivity index (χ1) is 15.0. The number of oxazole rings is 1. The van der Waals surface area contributed by atoms with Gasteiger partial charge in [0.2, 0.25) is 5.89 Å². The van der Waals surface area contributed by atoms with Gasteiger partial charge in [-0.1, -0.05) is 37.6 Å². The van der Waals surface area contributed by atoms with Gasteiger partial charge >= 0.3 is 0 Å². The Kier molecular flexibility index (Phi) is 5.93. The highest BCUT2D eigenvalue weighted by Gasteiger charge is 2.21. The average Bonchev–Trinajstić information content (AvgIpc) is 3.42. The molecule has 4 aromatic rings. The fourth-order valence-electron chi connectivity index (χ4n) is 3.40. The van der Waals surface area contributed by atoms with Gasteiger partial charge in [0, 0.05) is 24.7 Å².